The van der Waals surface area contributed by atoms with Gasteiger partial charge in [-0.3, -0.25) is 9.38 Å². The predicted octanol–water partition coefficient (Wildman–Crippen LogP) is 6.68. The van der Waals surface area contributed by atoms with Crippen LogP contribution < -0.4 is 0 Å². The van der Waals surface area contributed by atoms with Crippen molar-refractivity contribution >= 4 is 27.6 Å². The van der Waals surface area contributed by atoms with Crippen LogP contribution in [0.4, 0.5) is 0 Å². The van der Waals surface area contributed by atoms with Gasteiger partial charge in [0.25, 0.3) is 0 Å². The molecule has 0 saturated carbocycles. The summed E-state index contributed by atoms with van der Waals surface area (Å²) in [5.41, 5.74) is 8.79. The lowest BCUT2D eigenvalue weighted by molar-refractivity contribution is 0.332. The minimum Gasteiger partial charge on any atom is -0.299 e. The fourth-order valence-electron chi connectivity index (χ4n) is 4.85. The van der Waals surface area contributed by atoms with Crippen molar-refractivity contribution in [3.63, 3.8) is 0 Å². The van der Waals surface area contributed by atoms with Crippen LogP contribution in [0.15, 0.2) is 36.5 Å². The number of imidazole rings is 1. The van der Waals surface area contributed by atoms with E-state index in [4.69, 9.17) is 9.97 Å². The highest BCUT2D eigenvalue weighted by Crippen LogP contribution is 2.47. The molecule has 150 valence electrons. The molecule has 4 aromatic rings. The molecule has 3 aromatic heterocycles. The Labute approximate surface area is 173 Å². The summed E-state index contributed by atoms with van der Waals surface area (Å²) < 4.78 is 2.24. The van der Waals surface area contributed by atoms with Gasteiger partial charge in [0.05, 0.1) is 16.6 Å². The molecule has 0 unspecified atom stereocenters. The maximum atomic E-state index is 5.08. The Morgan fingerprint density at radius 3 is 2.14 bits per heavy atom. The SMILES string of the molecule is CC(C)(C)c1ccc2c(ccn3c4cc5c(cc4nc23)C(C)(C)CCC5(C)C)n1. The zero-order valence-corrected chi connectivity index (χ0v) is 18.7. The summed E-state index contributed by atoms with van der Waals surface area (Å²) in [6.07, 6.45) is 4.58. The summed E-state index contributed by atoms with van der Waals surface area (Å²) in [5.74, 6) is 0. The first kappa shape index (κ1) is 18.6. The van der Waals surface area contributed by atoms with E-state index in [1.165, 1.54) is 29.5 Å². The summed E-state index contributed by atoms with van der Waals surface area (Å²) in [6, 6.07) is 11.2. The summed E-state index contributed by atoms with van der Waals surface area (Å²) in [5, 5.41) is 1.12. The number of pyridine rings is 2. The van der Waals surface area contributed by atoms with Gasteiger partial charge in [-0.25, -0.2) is 4.98 Å². The third kappa shape index (κ3) is 2.70. The van der Waals surface area contributed by atoms with E-state index in [-0.39, 0.29) is 16.2 Å². The van der Waals surface area contributed by atoms with E-state index in [0.717, 1.165) is 27.8 Å². The standard InChI is InChI=1S/C26H31N3/c1-24(2,3)22-9-8-16-19(27-22)10-13-29-21-15-18-17(14-20(21)28-23(16)29)25(4,5)11-12-26(18,6)7/h8-10,13-15H,11-12H2,1-7H3. The minimum atomic E-state index is 0.0384. The molecule has 0 bridgehead atoms. The van der Waals surface area contributed by atoms with Crippen LogP contribution in [-0.4, -0.2) is 14.4 Å². The molecular weight excluding hydrogens is 354 g/mol. The average Bonchev–Trinajstić information content (AvgIpc) is 3.02. The van der Waals surface area contributed by atoms with Crippen LogP contribution >= 0.6 is 0 Å². The molecule has 5 rings (SSSR count). The van der Waals surface area contributed by atoms with Gasteiger partial charge in [0, 0.05) is 22.7 Å². The highest BCUT2D eigenvalue weighted by molar-refractivity contribution is 5.96. The molecule has 0 amide bonds. The molecule has 0 spiro atoms. The first-order valence-corrected chi connectivity index (χ1v) is 10.7. The van der Waals surface area contributed by atoms with Gasteiger partial charge in [-0.1, -0.05) is 48.5 Å². The maximum Gasteiger partial charge on any atom is 0.147 e. The largest absolute Gasteiger partial charge is 0.299 e. The molecule has 1 aliphatic carbocycles. The van der Waals surface area contributed by atoms with E-state index in [1.807, 2.05) is 0 Å². The van der Waals surface area contributed by atoms with Crippen molar-refractivity contribution in [2.75, 3.05) is 0 Å². The summed E-state index contributed by atoms with van der Waals surface area (Å²) in [7, 11) is 0. The molecule has 0 saturated heterocycles. The molecule has 3 heterocycles. The monoisotopic (exact) mass is 385 g/mol. The van der Waals surface area contributed by atoms with Crippen molar-refractivity contribution in [3.8, 4) is 0 Å². The third-order valence-corrected chi connectivity index (χ3v) is 6.98. The van der Waals surface area contributed by atoms with E-state index >= 15 is 0 Å². The Bertz CT molecular complexity index is 1280. The van der Waals surface area contributed by atoms with Gasteiger partial charge in [0.1, 0.15) is 5.65 Å². The second-order valence-corrected chi connectivity index (χ2v) is 11.2. The molecule has 29 heavy (non-hydrogen) atoms. The van der Waals surface area contributed by atoms with Crippen molar-refractivity contribution < 1.29 is 0 Å². The fraction of sp³-hybridized carbons (Fsp3) is 0.462. The summed E-state index contributed by atoms with van der Waals surface area (Å²) in [6.45, 7) is 16.1. The van der Waals surface area contributed by atoms with Crippen molar-refractivity contribution in [2.45, 2.75) is 77.6 Å². The zero-order valence-electron chi connectivity index (χ0n) is 18.7. The number of benzene rings is 1. The zero-order chi connectivity index (χ0) is 20.8. The summed E-state index contributed by atoms with van der Waals surface area (Å²) in [4.78, 5) is 10.0. The first-order valence-electron chi connectivity index (χ1n) is 10.7. The van der Waals surface area contributed by atoms with Crippen LogP contribution in [-0.2, 0) is 16.2 Å². The van der Waals surface area contributed by atoms with Crippen LogP contribution in [0.3, 0.4) is 0 Å². The molecule has 1 aromatic carbocycles. The van der Waals surface area contributed by atoms with Crippen molar-refractivity contribution in [1.29, 1.82) is 0 Å². The van der Waals surface area contributed by atoms with E-state index in [2.05, 4.69) is 89.4 Å². The fourth-order valence-corrected chi connectivity index (χ4v) is 4.85. The van der Waals surface area contributed by atoms with Gasteiger partial charge in [-0.15, -0.1) is 0 Å². The van der Waals surface area contributed by atoms with E-state index in [1.54, 1.807) is 0 Å². The molecule has 1 aliphatic rings. The van der Waals surface area contributed by atoms with Crippen molar-refractivity contribution in [3.05, 3.63) is 53.3 Å². The van der Waals surface area contributed by atoms with Crippen LogP contribution in [0.25, 0.3) is 27.6 Å². The van der Waals surface area contributed by atoms with Crippen molar-refractivity contribution in [1.82, 2.24) is 14.4 Å². The third-order valence-electron chi connectivity index (χ3n) is 6.98. The van der Waals surface area contributed by atoms with Gasteiger partial charge in [-0.05, 0) is 65.1 Å². The predicted molar refractivity (Wildman–Crippen MR) is 122 cm³/mol. The smallest absolute Gasteiger partial charge is 0.147 e. The quantitative estimate of drug-likeness (QED) is 0.338. The van der Waals surface area contributed by atoms with Crippen LogP contribution in [0.1, 0.15) is 78.1 Å². The molecule has 0 fully saturated rings. The second-order valence-electron chi connectivity index (χ2n) is 11.2. The molecule has 0 radical (unpaired) electrons. The Hall–Kier alpha value is -2.42. The van der Waals surface area contributed by atoms with Gasteiger partial charge in [-0.2, -0.15) is 0 Å². The van der Waals surface area contributed by atoms with Gasteiger partial charge in [0.2, 0.25) is 0 Å². The Morgan fingerprint density at radius 2 is 1.48 bits per heavy atom. The molecule has 0 N–H and O–H groups in total. The van der Waals surface area contributed by atoms with Gasteiger partial charge in [0.15, 0.2) is 0 Å². The Balaban J connectivity index is 1.83. The first-order chi connectivity index (χ1) is 13.5. The molecule has 3 heteroatoms. The normalized spacial score (nSPS) is 18.4. The second kappa shape index (κ2) is 5.59. The van der Waals surface area contributed by atoms with Crippen LogP contribution in [0, 0.1) is 0 Å². The summed E-state index contributed by atoms with van der Waals surface area (Å²) >= 11 is 0. The maximum absolute atomic E-state index is 5.08. The lowest BCUT2D eigenvalue weighted by Gasteiger charge is -2.41. The topological polar surface area (TPSA) is 30.2 Å². The van der Waals surface area contributed by atoms with Crippen LogP contribution in [0.5, 0.6) is 0 Å². The Kier molecular flexibility index (Phi) is 3.59. The molecular formula is C26H31N3. The minimum absolute atomic E-state index is 0.0384. The Morgan fingerprint density at radius 1 is 0.828 bits per heavy atom. The van der Waals surface area contributed by atoms with Crippen molar-refractivity contribution in [2.24, 2.45) is 0 Å². The average molecular weight is 386 g/mol. The number of nitrogens with zero attached hydrogens (tertiary/aromatic N) is 3. The number of rotatable bonds is 0. The van der Waals surface area contributed by atoms with E-state index < -0.39 is 0 Å². The van der Waals surface area contributed by atoms with Gasteiger partial charge < -0.3 is 0 Å². The van der Waals surface area contributed by atoms with Gasteiger partial charge >= 0.3 is 0 Å². The lowest BCUT2D eigenvalue weighted by Crippen LogP contribution is -2.33. The van der Waals surface area contributed by atoms with Crippen LogP contribution in [0.2, 0.25) is 0 Å². The molecule has 3 nitrogen and oxygen atoms in total. The van der Waals surface area contributed by atoms with E-state index in [9.17, 15) is 0 Å². The number of hydrogen-bond acceptors (Lipinski definition) is 2. The highest BCUT2D eigenvalue weighted by atomic mass is 15.0. The molecule has 0 aliphatic heterocycles. The lowest BCUT2D eigenvalue weighted by atomic mass is 9.63. The molecule has 0 atom stereocenters. The number of aromatic nitrogens is 3. The van der Waals surface area contributed by atoms with E-state index in [0.29, 0.717) is 0 Å². The number of hydrogen-bond donors (Lipinski definition) is 0. The highest BCUT2D eigenvalue weighted by Gasteiger charge is 2.37. The number of fused-ring (bicyclic) bond motifs is 6.